The van der Waals surface area contributed by atoms with E-state index in [9.17, 15) is 9.59 Å². The van der Waals surface area contributed by atoms with E-state index >= 15 is 0 Å². The first-order valence-corrected chi connectivity index (χ1v) is 6.68. The van der Waals surface area contributed by atoms with Crippen LogP contribution in [-0.2, 0) is 17.8 Å². The van der Waals surface area contributed by atoms with Crippen LogP contribution >= 0.6 is 0 Å². The van der Waals surface area contributed by atoms with Crippen LogP contribution in [0.15, 0.2) is 4.79 Å². The summed E-state index contributed by atoms with van der Waals surface area (Å²) < 4.78 is 1.65. The van der Waals surface area contributed by atoms with Gasteiger partial charge in [-0.2, -0.15) is 4.98 Å². The van der Waals surface area contributed by atoms with Crippen LogP contribution in [0.4, 0.5) is 0 Å². The van der Waals surface area contributed by atoms with Gasteiger partial charge in [0.25, 0.3) is 0 Å². The number of rotatable bonds is 6. The zero-order chi connectivity index (χ0) is 14.6. The minimum absolute atomic E-state index is 0.241. The van der Waals surface area contributed by atoms with Crippen molar-refractivity contribution in [1.82, 2.24) is 9.55 Å². The molecular weight excluding hydrogens is 244 g/mol. The Labute approximate surface area is 113 Å². The number of carboxylic acids is 1. The van der Waals surface area contributed by atoms with Crippen molar-refractivity contribution in [3.63, 3.8) is 0 Å². The van der Waals surface area contributed by atoms with Gasteiger partial charge in [0, 0.05) is 17.9 Å². The molecule has 0 aliphatic rings. The largest absolute Gasteiger partial charge is 0.481 e. The molecule has 0 radical (unpaired) electrons. The van der Waals surface area contributed by atoms with E-state index < -0.39 is 11.9 Å². The molecule has 1 aromatic heterocycles. The number of carboxylic acid groups (broad SMARTS) is 1. The van der Waals surface area contributed by atoms with Crippen molar-refractivity contribution in [2.24, 2.45) is 5.92 Å². The lowest BCUT2D eigenvalue weighted by atomic mass is 9.99. The fourth-order valence-electron chi connectivity index (χ4n) is 2.11. The third kappa shape index (κ3) is 3.66. The SMILES string of the molecule is CCCCn1c(C)c(CC(C)C(=O)O)c(C)nc1=O. The highest BCUT2D eigenvalue weighted by atomic mass is 16.4. The Morgan fingerprint density at radius 2 is 2.05 bits per heavy atom. The summed E-state index contributed by atoms with van der Waals surface area (Å²) in [4.78, 5) is 26.8. The molecule has 0 saturated heterocycles. The average molecular weight is 266 g/mol. The molecule has 106 valence electrons. The third-order valence-electron chi connectivity index (χ3n) is 3.44. The minimum atomic E-state index is -0.829. The molecule has 19 heavy (non-hydrogen) atoms. The number of aryl methyl sites for hydroxylation is 1. The number of hydrogen-bond acceptors (Lipinski definition) is 3. The second kappa shape index (κ2) is 6.50. The summed E-state index contributed by atoms with van der Waals surface area (Å²) in [6, 6.07) is 0. The predicted molar refractivity (Wildman–Crippen MR) is 73.4 cm³/mol. The molecule has 1 aromatic rings. The van der Waals surface area contributed by atoms with Crippen molar-refractivity contribution < 1.29 is 9.90 Å². The topological polar surface area (TPSA) is 72.2 Å². The zero-order valence-electron chi connectivity index (χ0n) is 12.1. The summed E-state index contributed by atoms with van der Waals surface area (Å²) in [5.41, 5.74) is 2.13. The van der Waals surface area contributed by atoms with Crippen molar-refractivity contribution in [2.75, 3.05) is 0 Å². The molecule has 0 aliphatic carbocycles. The standard InChI is InChI=1S/C14H22N2O3/c1-5-6-7-16-11(4)12(8-9(2)13(17)18)10(3)15-14(16)19/h9H,5-8H2,1-4H3,(H,17,18). The molecule has 0 spiro atoms. The maximum atomic E-state index is 11.9. The van der Waals surface area contributed by atoms with E-state index in [1.165, 1.54) is 0 Å². The van der Waals surface area contributed by atoms with Crippen molar-refractivity contribution in [3.05, 3.63) is 27.4 Å². The first-order valence-electron chi connectivity index (χ1n) is 6.68. The smallest absolute Gasteiger partial charge is 0.347 e. The third-order valence-corrected chi connectivity index (χ3v) is 3.44. The van der Waals surface area contributed by atoms with Crippen LogP contribution in [0.5, 0.6) is 0 Å². The molecule has 0 fully saturated rings. The highest BCUT2D eigenvalue weighted by Gasteiger charge is 2.17. The number of carbonyl (C=O) groups is 1. The van der Waals surface area contributed by atoms with Gasteiger partial charge >= 0.3 is 11.7 Å². The van der Waals surface area contributed by atoms with Crippen molar-refractivity contribution in [2.45, 2.75) is 53.5 Å². The van der Waals surface area contributed by atoms with Gasteiger partial charge in [0.05, 0.1) is 5.92 Å². The van der Waals surface area contributed by atoms with Crippen LogP contribution in [0.25, 0.3) is 0 Å². The summed E-state index contributed by atoms with van der Waals surface area (Å²) >= 11 is 0. The maximum absolute atomic E-state index is 11.9. The van der Waals surface area contributed by atoms with Crippen LogP contribution in [0, 0.1) is 19.8 Å². The molecule has 1 unspecified atom stereocenters. The second-order valence-electron chi connectivity index (χ2n) is 4.99. The van der Waals surface area contributed by atoms with E-state index in [4.69, 9.17) is 5.11 Å². The Balaban J connectivity index is 3.17. The van der Waals surface area contributed by atoms with Gasteiger partial charge in [-0.1, -0.05) is 20.3 Å². The average Bonchev–Trinajstić information content (AvgIpc) is 2.33. The van der Waals surface area contributed by atoms with E-state index in [1.54, 1.807) is 18.4 Å². The van der Waals surface area contributed by atoms with E-state index in [1.807, 2.05) is 6.92 Å². The lowest BCUT2D eigenvalue weighted by Crippen LogP contribution is -2.29. The van der Waals surface area contributed by atoms with Crippen LogP contribution < -0.4 is 5.69 Å². The van der Waals surface area contributed by atoms with E-state index in [2.05, 4.69) is 11.9 Å². The Bertz CT molecular complexity index is 520. The van der Waals surface area contributed by atoms with E-state index in [0.717, 1.165) is 24.1 Å². The van der Waals surface area contributed by atoms with Crippen LogP contribution in [0.3, 0.4) is 0 Å². The minimum Gasteiger partial charge on any atom is -0.481 e. The van der Waals surface area contributed by atoms with Crippen molar-refractivity contribution in [3.8, 4) is 0 Å². The summed E-state index contributed by atoms with van der Waals surface area (Å²) in [7, 11) is 0. The van der Waals surface area contributed by atoms with Gasteiger partial charge in [0.1, 0.15) is 0 Å². The molecule has 1 heterocycles. The molecule has 1 atom stereocenters. The first-order chi connectivity index (χ1) is 8.88. The van der Waals surface area contributed by atoms with Crippen LogP contribution in [0.1, 0.15) is 43.6 Å². The number of aromatic nitrogens is 2. The predicted octanol–water partition coefficient (Wildman–Crippen LogP) is 1.92. The van der Waals surface area contributed by atoms with E-state index in [0.29, 0.717) is 18.7 Å². The van der Waals surface area contributed by atoms with Gasteiger partial charge in [0.2, 0.25) is 0 Å². The van der Waals surface area contributed by atoms with Crippen LogP contribution in [-0.4, -0.2) is 20.6 Å². The zero-order valence-corrected chi connectivity index (χ0v) is 12.1. The fourth-order valence-corrected chi connectivity index (χ4v) is 2.11. The molecule has 5 heteroatoms. The monoisotopic (exact) mass is 266 g/mol. The molecule has 0 aliphatic heterocycles. The molecule has 1 N–H and O–H groups in total. The van der Waals surface area contributed by atoms with Gasteiger partial charge in [-0.15, -0.1) is 0 Å². The fraction of sp³-hybridized carbons (Fsp3) is 0.643. The van der Waals surface area contributed by atoms with Gasteiger partial charge in [-0.3, -0.25) is 9.36 Å². The summed E-state index contributed by atoms with van der Waals surface area (Å²) in [6.07, 6.45) is 2.33. The summed E-state index contributed by atoms with van der Waals surface area (Å²) in [6.45, 7) is 8.01. The number of unbranched alkanes of at least 4 members (excludes halogenated alkanes) is 1. The Morgan fingerprint density at radius 1 is 1.42 bits per heavy atom. The van der Waals surface area contributed by atoms with Gasteiger partial charge in [-0.05, 0) is 32.3 Å². The lowest BCUT2D eigenvalue weighted by Gasteiger charge is -2.16. The molecule has 1 rings (SSSR count). The van der Waals surface area contributed by atoms with Crippen molar-refractivity contribution >= 4 is 5.97 Å². The Morgan fingerprint density at radius 3 is 2.58 bits per heavy atom. The van der Waals surface area contributed by atoms with E-state index in [-0.39, 0.29) is 5.69 Å². The molecule has 5 nitrogen and oxygen atoms in total. The summed E-state index contributed by atoms with van der Waals surface area (Å²) in [5, 5.41) is 9.00. The first kappa shape index (κ1) is 15.4. The number of aliphatic carboxylic acids is 1. The Hall–Kier alpha value is -1.65. The normalized spacial score (nSPS) is 12.4. The van der Waals surface area contributed by atoms with Gasteiger partial charge < -0.3 is 5.11 Å². The molecule has 0 saturated carbocycles. The molecule has 0 amide bonds. The second-order valence-corrected chi connectivity index (χ2v) is 4.99. The van der Waals surface area contributed by atoms with Gasteiger partial charge in [0.15, 0.2) is 0 Å². The molecule has 0 bridgehead atoms. The lowest BCUT2D eigenvalue weighted by molar-refractivity contribution is -0.141. The highest BCUT2D eigenvalue weighted by Crippen LogP contribution is 2.15. The van der Waals surface area contributed by atoms with Gasteiger partial charge in [-0.25, -0.2) is 4.79 Å². The van der Waals surface area contributed by atoms with Crippen molar-refractivity contribution in [1.29, 1.82) is 0 Å². The van der Waals surface area contributed by atoms with Crippen LogP contribution in [0.2, 0.25) is 0 Å². The maximum Gasteiger partial charge on any atom is 0.347 e. The summed E-state index contributed by atoms with van der Waals surface area (Å²) in [5.74, 6) is -1.30. The molecular formula is C14H22N2O3. The number of nitrogens with zero attached hydrogens (tertiary/aromatic N) is 2. The highest BCUT2D eigenvalue weighted by molar-refractivity contribution is 5.70. The Kier molecular flexibility index (Phi) is 5.27. The quantitative estimate of drug-likeness (QED) is 0.853. The number of hydrogen-bond donors (Lipinski definition) is 1. The molecule has 0 aromatic carbocycles.